The highest BCUT2D eigenvalue weighted by Crippen LogP contribution is 2.37. The highest BCUT2D eigenvalue weighted by Gasteiger charge is 2.37. The average Bonchev–Trinajstić information content (AvgIpc) is 2.93. The molecule has 0 bridgehead atoms. The van der Waals surface area contributed by atoms with Gasteiger partial charge in [-0.15, -0.1) is 0 Å². The topological polar surface area (TPSA) is 113 Å². The molecule has 0 radical (unpaired) electrons. The van der Waals surface area contributed by atoms with Crippen LogP contribution in [0.2, 0.25) is 0 Å². The third kappa shape index (κ3) is 2.63. The van der Waals surface area contributed by atoms with Crippen LogP contribution in [-0.4, -0.2) is 29.0 Å². The summed E-state index contributed by atoms with van der Waals surface area (Å²) in [6, 6.07) is 11.9. The summed E-state index contributed by atoms with van der Waals surface area (Å²) in [5, 5.41) is 13.7. The lowest BCUT2D eigenvalue weighted by atomic mass is 10.2. The summed E-state index contributed by atoms with van der Waals surface area (Å²) < 4.78 is 29.3. The van der Waals surface area contributed by atoms with Crippen molar-refractivity contribution in [2.24, 2.45) is 7.05 Å². The Morgan fingerprint density at radius 1 is 1.19 bits per heavy atom. The number of pyridine rings is 1. The Hall–Kier alpha value is -3.33. The maximum atomic E-state index is 12.8. The predicted molar refractivity (Wildman–Crippen MR) is 100 cm³/mol. The zero-order valence-corrected chi connectivity index (χ0v) is 15.3. The van der Waals surface area contributed by atoms with Gasteiger partial charge in [-0.2, -0.15) is 0 Å². The molecule has 3 heterocycles. The number of hydrogen-bond donors (Lipinski definition) is 3. The molecule has 1 aliphatic rings. The van der Waals surface area contributed by atoms with Crippen LogP contribution in [0.1, 0.15) is 11.4 Å². The van der Waals surface area contributed by atoms with Gasteiger partial charge in [0.25, 0.3) is 15.9 Å². The first-order valence-corrected chi connectivity index (χ1v) is 9.57. The molecular weight excluding hydrogens is 368 g/mol. The first kappa shape index (κ1) is 17.1. The van der Waals surface area contributed by atoms with Gasteiger partial charge in [-0.25, -0.2) is 13.4 Å². The smallest absolute Gasteiger partial charge is 0.277 e. The van der Waals surface area contributed by atoms with Crippen molar-refractivity contribution >= 4 is 38.4 Å². The number of carbonyl (C=O) groups excluding carboxylic acids is 1. The van der Waals surface area contributed by atoms with Crippen LogP contribution in [0.15, 0.2) is 53.1 Å². The molecule has 8 nitrogen and oxygen atoms in total. The van der Waals surface area contributed by atoms with Crippen LogP contribution in [-0.2, 0) is 21.9 Å². The maximum Gasteiger partial charge on any atom is 0.277 e. The van der Waals surface area contributed by atoms with E-state index in [0.29, 0.717) is 16.6 Å². The largest absolute Gasteiger partial charge is 0.504 e. The van der Waals surface area contributed by atoms with E-state index in [1.54, 1.807) is 61.0 Å². The Kier molecular flexibility index (Phi) is 3.70. The predicted octanol–water partition coefficient (Wildman–Crippen LogP) is 2.04. The van der Waals surface area contributed by atoms with Crippen LogP contribution in [0, 0.1) is 6.92 Å². The molecule has 3 N–H and O–H groups in total. The van der Waals surface area contributed by atoms with Crippen LogP contribution in [0.3, 0.4) is 0 Å². The molecule has 1 amide bonds. The number of hydrogen-bond acceptors (Lipinski definition) is 5. The number of benzene rings is 1. The lowest BCUT2D eigenvalue weighted by Gasteiger charge is -2.20. The third-order valence-corrected chi connectivity index (χ3v) is 5.81. The molecule has 0 unspecified atom stereocenters. The molecule has 1 aliphatic heterocycles. The van der Waals surface area contributed by atoms with Gasteiger partial charge in [0.15, 0.2) is 11.5 Å². The number of aliphatic hydroxyl groups excluding tert-OH is 1. The van der Waals surface area contributed by atoms with Gasteiger partial charge >= 0.3 is 0 Å². The van der Waals surface area contributed by atoms with Crippen molar-refractivity contribution in [3.63, 3.8) is 0 Å². The van der Waals surface area contributed by atoms with Gasteiger partial charge < -0.3 is 15.0 Å². The van der Waals surface area contributed by atoms with Gasteiger partial charge in [-0.05, 0) is 25.1 Å². The molecule has 138 valence electrons. The van der Waals surface area contributed by atoms with E-state index in [9.17, 15) is 18.3 Å². The van der Waals surface area contributed by atoms with E-state index in [1.807, 2.05) is 0 Å². The van der Waals surface area contributed by atoms with Crippen molar-refractivity contribution in [3.05, 3.63) is 59.5 Å². The van der Waals surface area contributed by atoms with E-state index in [1.165, 1.54) is 0 Å². The molecule has 4 rings (SSSR count). The van der Waals surface area contributed by atoms with Crippen LogP contribution in [0.25, 0.3) is 16.7 Å². The second-order valence-electron chi connectivity index (χ2n) is 6.20. The van der Waals surface area contributed by atoms with Gasteiger partial charge in [0, 0.05) is 23.6 Å². The Labute approximate surface area is 155 Å². The van der Waals surface area contributed by atoms with E-state index in [4.69, 9.17) is 0 Å². The van der Waals surface area contributed by atoms with E-state index in [-0.39, 0.29) is 16.4 Å². The van der Waals surface area contributed by atoms with Gasteiger partial charge in [0.2, 0.25) is 0 Å². The minimum Gasteiger partial charge on any atom is -0.504 e. The zero-order chi connectivity index (χ0) is 19.3. The van der Waals surface area contributed by atoms with Crippen molar-refractivity contribution in [2.75, 3.05) is 5.32 Å². The first-order valence-electron chi connectivity index (χ1n) is 8.08. The van der Waals surface area contributed by atoms with Gasteiger partial charge in [0.1, 0.15) is 16.4 Å². The van der Waals surface area contributed by atoms with E-state index in [2.05, 4.69) is 15.0 Å². The number of aliphatic hydroxyl groups is 1. The van der Waals surface area contributed by atoms with Crippen molar-refractivity contribution in [3.8, 4) is 0 Å². The van der Waals surface area contributed by atoms with E-state index >= 15 is 0 Å². The van der Waals surface area contributed by atoms with Crippen LogP contribution in [0.4, 0.5) is 5.82 Å². The third-order valence-electron chi connectivity index (χ3n) is 4.38. The fraction of sp³-hybridized carbons (Fsp3) is 0.111. The molecule has 0 aliphatic carbocycles. The number of fused-ring (bicyclic) bond motifs is 3. The first-order chi connectivity index (χ1) is 12.8. The number of carbonyl (C=O) groups is 1. The number of sulfonamides is 1. The molecule has 0 atom stereocenters. The zero-order valence-electron chi connectivity index (χ0n) is 14.5. The SMILES string of the molecule is Cc1cccc(NC(=O)C2=C(O)c3c(c4ccccc4n3C)S(=O)(=O)N2)n1. The second kappa shape index (κ2) is 5.85. The molecule has 9 heteroatoms. The molecule has 3 aromatic rings. The number of aryl methyl sites for hydroxylation is 2. The van der Waals surface area contributed by atoms with E-state index in [0.717, 1.165) is 0 Å². The summed E-state index contributed by atoms with van der Waals surface area (Å²) >= 11 is 0. The number of amides is 1. The number of aromatic nitrogens is 2. The van der Waals surface area contributed by atoms with Gasteiger partial charge in [0.05, 0.1) is 0 Å². The molecule has 0 spiro atoms. The Bertz CT molecular complexity index is 1240. The summed E-state index contributed by atoms with van der Waals surface area (Å²) in [5.74, 6) is -0.990. The number of anilines is 1. The molecule has 27 heavy (non-hydrogen) atoms. The Morgan fingerprint density at radius 3 is 2.67 bits per heavy atom. The van der Waals surface area contributed by atoms with Crippen LogP contribution >= 0.6 is 0 Å². The quantitative estimate of drug-likeness (QED) is 0.626. The number of nitrogens with one attached hydrogen (secondary N) is 2. The molecule has 1 aromatic carbocycles. The standard InChI is InChI=1S/C18H16N4O4S/c1-10-6-5-9-13(19-10)20-18(24)14-16(23)15-17(27(25,26)21-14)11-7-3-4-8-12(11)22(15)2/h3-9,21,23H,1-2H3,(H,19,20,24). The second-order valence-corrected chi connectivity index (χ2v) is 7.82. The molecule has 0 saturated carbocycles. The number of para-hydroxylation sites is 1. The number of nitrogens with zero attached hydrogens (tertiary/aromatic N) is 2. The highest BCUT2D eigenvalue weighted by atomic mass is 32.2. The summed E-state index contributed by atoms with van der Waals surface area (Å²) in [4.78, 5) is 16.7. The van der Waals surface area contributed by atoms with Crippen molar-refractivity contribution in [1.82, 2.24) is 14.3 Å². The van der Waals surface area contributed by atoms with Crippen LogP contribution in [0.5, 0.6) is 0 Å². The highest BCUT2D eigenvalue weighted by molar-refractivity contribution is 7.90. The fourth-order valence-corrected chi connectivity index (χ4v) is 4.70. The molecule has 2 aromatic heterocycles. The Morgan fingerprint density at radius 2 is 1.93 bits per heavy atom. The average molecular weight is 384 g/mol. The molecular formula is C18H16N4O4S. The summed E-state index contributed by atoms with van der Waals surface area (Å²) in [7, 11) is -2.41. The minimum absolute atomic E-state index is 0.0525. The lowest BCUT2D eigenvalue weighted by Crippen LogP contribution is -2.35. The lowest BCUT2D eigenvalue weighted by molar-refractivity contribution is -0.113. The van der Waals surface area contributed by atoms with Crippen molar-refractivity contribution < 1.29 is 18.3 Å². The van der Waals surface area contributed by atoms with E-state index < -0.39 is 27.4 Å². The molecule has 0 fully saturated rings. The van der Waals surface area contributed by atoms with Crippen molar-refractivity contribution in [1.29, 1.82) is 0 Å². The summed E-state index contributed by atoms with van der Waals surface area (Å²) in [6.45, 7) is 1.76. The minimum atomic E-state index is -4.05. The summed E-state index contributed by atoms with van der Waals surface area (Å²) in [6.07, 6.45) is 0. The number of rotatable bonds is 2. The van der Waals surface area contributed by atoms with Crippen LogP contribution < -0.4 is 10.0 Å². The van der Waals surface area contributed by atoms with Crippen molar-refractivity contribution in [2.45, 2.75) is 11.8 Å². The maximum absolute atomic E-state index is 12.8. The van der Waals surface area contributed by atoms with Gasteiger partial charge in [-0.3, -0.25) is 9.52 Å². The normalized spacial score (nSPS) is 15.3. The molecule has 0 saturated heterocycles. The monoisotopic (exact) mass is 384 g/mol. The Balaban J connectivity index is 1.87. The van der Waals surface area contributed by atoms with Gasteiger partial charge in [-0.1, -0.05) is 24.3 Å². The summed E-state index contributed by atoms with van der Waals surface area (Å²) in [5.41, 5.74) is 0.932. The fourth-order valence-electron chi connectivity index (χ4n) is 3.19.